The van der Waals surface area contributed by atoms with Crippen molar-refractivity contribution >= 4 is 11.9 Å². The van der Waals surface area contributed by atoms with Crippen LogP contribution in [-0.4, -0.2) is 56.9 Å². The molecule has 0 spiro atoms. The molecule has 0 aromatic heterocycles. The van der Waals surface area contributed by atoms with Crippen LogP contribution in [0.15, 0.2) is 0 Å². The van der Waals surface area contributed by atoms with Gasteiger partial charge in [0.2, 0.25) is 12.1 Å². The fraction of sp³-hybridized carbons (Fsp3) is 0.800. The summed E-state index contributed by atoms with van der Waals surface area (Å²) >= 11 is 0. The van der Waals surface area contributed by atoms with E-state index in [4.69, 9.17) is 10.2 Å². The number of carbonyl (C=O) groups is 2. The van der Waals surface area contributed by atoms with Crippen molar-refractivity contribution < 1.29 is 29.8 Å². The number of nitro groups is 1. The van der Waals surface area contributed by atoms with Crippen LogP contribution in [-0.2, 0) is 9.59 Å². The Labute approximate surface area is 109 Å². The molecule has 9 heteroatoms. The van der Waals surface area contributed by atoms with Gasteiger partial charge in [0.1, 0.15) is 6.04 Å². The maximum Gasteiger partial charge on any atom is 0.326 e. The van der Waals surface area contributed by atoms with Crippen LogP contribution in [0.5, 0.6) is 0 Å². The molecule has 0 aliphatic carbocycles. The Morgan fingerprint density at radius 2 is 1.95 bits per heavy atom. The molecule has 9 nitrogen and oxygen atoms in total. The molecule has 0 aromatic rings. The third-order valence-electron chi connectivity index (χ3n) is 2.52. The van der Waals surface area contributed by atoms with E-state index in [9.17, 15) is 24.8 Å². The summed E-state index contributed by atoms with van der Waals surface area (Å²) in [5.41, 5.74) is 0. The summed E-state index contributed by atoms with van der Waals surface area (Å²) in [5.74, 6) is -2.52. The Morgan fingerprint density at radius 3 is 2.32 bits per heavy atom. The fourth-order valence-electron chi connectivity index (χ4n) is 1.49. The summed E-state index contributed by atoms with van der Waals surface area (Å²) in [6.07, 6.45) is -1.77. The highest BCUT2D eigenvalue weighted by atomic mass is 16.6. The highest BCUT2D eigenvalue weighted by Gasteiger charge is 2.36. The number of nitrogens with zero attached hydrogens (tertiary/aromatic N) is 1. The minimum atomic E-state index is -1.92. The van der Waals surface area contributed by atoms with Gasteiger partial charge in [-0.3, -0.25) is 14.9 Å². The van der Waals surface area contributed by atoms with Gasteiger partial charge in [-0.1, -0.05) is 6.92 Å². The molecule has 0 aliphatic heterocycles. The molecule has 0 saturated heterocycles. The average Bonchev–Trinajstić information content (AvgIpc) is 2.33. The number of aliphatic hydroxyl groups is 2. The first-order valence-corrected chi connectivity index (χ1v) is 5.80. The van der Waals surface area contributed by atoms with Crippen LogP contribution >= 0.6 is 0 Å². The first kappa shape index (κ1) is 17.3. The second-order valence-electron chi connectivity index (χ2n) is 4.00. The predicted molar refractivity (Wildman–Crippen MR) is 63.0 cm³/mol. The Bertz CT molecular complexity index is 334. The van der Waals surface area contributed by atoms with E-state index in [1.807, 2.05) is 5.32 Å². The van der Waals surface area contributed by atoms with Crippen molar-refractivity contribution in [2.45, 2.75) is 44.4 Å². The number of amides is 1. The molecule has 1 amide bonds. The first-order chi connectivity index (χ1) is 8.84. The third-order valence-corrected chi connectivity index (χ3v) is 2.52. The van der Waals surface area contributed by atoms with E-state index in [0.717, 1.165) is 0 Å². The van der Waals surface area contributed by atoms with E-state index in [-0.39, 0.29) is 12.8 Å². The molecule has 0 saturated carbocycles. The van der Waals surface area contributed by atoms with Crippen LogP contribution in [0.25, 0.3) is 0 Å². The topological polar surface area (TPSA) is 150 Å². The second-order valence-corrected chi connectivity index (χ2v) is 4.00. The SMILES string of the molecule is CCCC(C(O)C(=O)NC(CCO)C(=O)O)[N+](=O)[O-]. The molecule has 0 radical (unpaired) electrons. The number of aliphatic carboxylic acids is 1. The van der Waals surface area contributed by atoms with Gasteiger partial charge in [-0.2, -0.15) is 0 Å². The van der Waals surface area contributed by atoms with Crippen molar-refractivity contribution in [1.29, 1.82) is 0 Å². The zero-order valence-corrected chi connectivity index (χ0v) is 10.5. The van der Waals surface area contributed by atoms with E-state index < -0.39 is 41.6 Å². The average molecular weight is 278 g/mol. The number of nitrogens with one attached hydrogen (secondary N) is 1. The van der Waals surface area contributed by atoms with Crippen LogP contribution in [0.2, 0.25) is 0 Å². The molecule has 19 heavy (non-hydrogen) atoms. The number of hydrogen-bond acceptors (Lipinski definition) is 6. The maximum absolute atomic E-state index is 11.5. The standard InChI is InChI=1S/C10H18N2O7/c1-2-3-7(12(18)19)8(14)9(15)11-6(4-5-13)10(16)17/h6-8,13-14H,2-5H2,1H3,(H,11,15)(H,16,17). The smallest absolute Gasteiger partial charge is 0.326 e. The highest BCUT2D eigenvalue weighted by molar-refractivity contribution is 5.86. The van der Waals surface area contributed by atoms with Crippen molar-refractivity contribution in [2.75, 3.05) is 6.61 Å². The molecule has 0 fully saturated rings. The Morgan fingerprint density at radius 1 is 1.37 bits per heavy atom. The van der Waals surface area contributed by atoms with Crippen LogP contribution in [0.4, 0.5) is 0 Å². The molecular weight excluding hydrogens is 260 g/mol. The Hall–Kier alpha value is -1.74. The van der Waals surface area contributed by atoms with E-state index in [1.165, 1.54) is 0 Å². The van der Waals surface area contributed by atoms with Gasteiger partial charge in [-0.25, -0.2) is 4.79 Å². The molecule has 4 N–H and O–H groups in total. The molecule has 0 rings (SSSR count). The largest absolute Gasteiger partial charge is 0.480 e. The number of carboxylic acids is 1. The lowest BCUT2D eigenvalue weighted by atomic mass is 10.1. The van der Waals surface area contributed by atoms with Gasteiger partial charge in [-0.15, -0.1) is 0 Å². The lowest BCUT2D eigenvalue weighted by molar-refractivity contribution is -0.532. The second kappa shape index (κ2) is 8.38. The lowest BCUT2D eigenvalue weighted by Gasteiger charge is -2.18. The number of aliphatic hydroxyl groups excluding tert-OH is 2. The van der Waals surface area contributed by atoms with Crippen LogP contribution in [0, 0.1) is 10.1 Å². The van der Waals surface area contributed by atoms with Crippen molar-refractivity contribution in [1.82, 2.24) is 5.32 Å². The first-order valence-electron chi connectivity index (χ1n) is 5.80. The summed E-state index contributed by atoms with van der Waals surface area (Å²) in [5, 5.41) is 39.6. The minimum Gasteiger partial charge on any atom is -0.480 e. The number of carbonyl (C=O) groups excluding carboxylic acids is 1. The van der Waals surface area contributed by atoms with Crippen molar-refractivity contribution in [3.05, 3.63) is 10.1 Å². The molecule has 3 atom stereocenters. The summed E-state index contributed by atoms with van der Waals surface area (Å²) in [4.78, 5) is 32.2. The van der Waals surface area contributed by atoms with E-state index in [0.29, 0.717) is 6.42 Å². The molecule has 0 aliphatic rings. The number of hydrogen-bond donors (Lipinski definition) is 4. The van der Waals surface area contributed by atoms with Gasteiger partial charge in [0, 0.05) is 24.4 Å². The number of carboxylic acid groups (broad SMARTS) is 1. The van der Waals surface area contributed by atoms with Crippen LogP contribution in [0.1, 0.15) is 26.2 Å². The third kappa shape index (κ3) is 5.62. The van der Waals surface area contributed by atoms with Crippen molar-refractivity contribution in [3.63, 3.8) is 0 Å². The highest BCUT2D eigenvalue weighted by Crippen LogP contribution is 2.07. The molecular formula is C10H18N2O7. The quantitative estimate of drug-likeness (QED) is 0.304. The Kier molecular flexibility index (Phi) is 7.61. The van der Waals surface area contributed by atoms with Gasteiger partial charge in [0.15, 0.2) is 0 Å². The Balaban J connectivity index is 4.69. The van der Waals surface area contributed by atoms with E-state index in [1.54, 1.807) is 6.92 Å². The summed E-state index contributed by atoms with van der Waals surface area (Å²) < 4.78 is 0. The minimum absolute atomic E-state index is 0.000670. The van der Waals surface area contributed by atoms with Gasteiger partial charge < -0.3 is 20.6 Å². The molecule has 110 valence electrons. The number of rotatable bonds is 9. The summed E-state index contributed by atoms with van der Waals surface area (Å²) in [6, 6.07) is -2.87. The van der Waals surface area contributed by atoms with E-state index >= 15 is 0 Å². The van der Waals surface area contributed by atoms with Crippen LogP contribution in [0.3, 0.4) is 0 Å². The molecule has 0 bridgehead atoms. The summed E-state index contributed by atoms with van der Waals surface area (Å²) in [6.45, 7) is 1.19. The van der Waals surface area contributed by atoms with Gasteiger partial charge >= 0.3 is 5.97 Å². The predicted octanol–water partition coefficient (Wildman–Crippen LogP) is -1.26. The monoisotopic (exact) mass is 278 g/mol. The van der Waals surface area contributed by atoms with Crippen molar-refractivity contribution in [3.8, 4) is 0 Å². The van der Waals surface area contributed by atoms with Crippen LogP contribution < -0.4 is 5.32 Å². The van der Waals surface area contributed by atoms with Gasteiger partial charge in [0.05, 0.1) is 0 Å². The molecule has 0 heterocycles. The maximum atomic E-state index is 11.5. The summed E-state index contributed by atoms with van der Waals surface area (Å²) in [7, 11) is 0. The van der Waals surface area contributed by atoms with Gasteiger partial charge in [-0.05, 0) is 6.42 Å². The zero-order chi connectivity index (χ0) is 15.0. The zero-order valence-electron chi connectivity index (χ0n) is 10.5. The molecule has 0 aromatic carbocycles. The normalized spacial score (nSPS) is 15.3. The fourth-order valence-corrected chi connectivity index (χ4v) is 1.49. The molecule has 3 unspecified atom stereocenters. The van der Waals surface area contributed by atoms with E-state index in [2.05, 4.69) is 0 Å². The van der Waals surface area contributed by atoms with Crippen molar-refractivity contribution in [2.24, 2.45) is 0 Å². The van der Waals surface area contributed by atoms with Gasteiger partial charge in [0.25, 0.3) is 5.91 Å². The lowest BCUT2D eigenvalue weighted by Crippen LogP contribution is -2.51.